The SMILES string of the molecule is CCc1c(C(=O)OC)ncc2[nH]c3ccc(SC)cc3c12. The highest BCUT2D eigenvalue weighted by Gasteiger charge is 2.18. The molecule has 0 spiro atoms. The van der Waals surface area contributed by atoms with Crippen LogP contribution in [0, 0.1) is 0 Å². The number of esters is 1. The van der Waals surface area contributed by atoms with Gasteiger partial charge in [-0.3, -0.25) is 0 Å². The number of nitrogens with zero attached hydrogens (tertiary/aromatic N) is 1. The van der Waals surface area contributed by atoms with E-state index in [1.54, 1.807) is 18.0 Å². The highest BCUT2D eigenvalue weighted by molar-refractivity contribution is 7.98. The highest BCUT2D eigenvalue weighted by Crippen LogP contribution is 2.32. The van der Waals surface area contributed by atoms with Crippen LogP contribution in [0.3, 0.4) is 0 Å². The Morgan fingerprint density at radius 3 is 2.86 bits per heavy atom. The fourth-order valence-corrected chi connectivity index (χ4v) is 3.12. The van der Waals surface area contributed by atoms with E-state index in [0.29, 0.717) is 5.69 Å². The molecule has 21 heavy (non-hydrogen) atoms. The van der Waals surface area contributed by atoms with Gasteiger partial charge in [-0.15, -0.1) is 11.8 Å². The molecule has 0 saturated heterocycles. The maximum absolute atomic E-state index is 11.9. The number of aromatic amines is 1. The number of thioether (sulfide) groups is 1. The molecular formula is C16H16N2O2S. The maximum Gasteiger partial charge on any atom is 0.356 e. The second kappa shape index (κ2) is 5.41. The first-order chi connectivity index (χ1) is 10.2. The van der Waals surface area contributed by atoms with Gasteiger partial charge in [0.25, 0.3) is 0 Å². The zero-order valence-corrected chi connectivity index (χ0v) is 13.0. The number of hydrogen-bond donors (Lipinski definition) is 1. The molecule has 0 fully saturated rings. The van der Waals surface area contributed by atoms with E-state index in [1.165, 1.54) is 12.0 Å². The van der Waals surface area contributed by atoms with Crippen LogP contribution in [0.1, 0.15) is 23.0 Å². The molecule has 0 atom stereocenters. The second-order valence-corrected chi connectivity index (χ2v) is 5.64. The van der Waals surface area contributed by atoms with E-state index in [2.05, 4.69) is 34.4 Å². The number of rotatable bonds is 3. The molecule has 0 unspecified atom stereocenters. The Morgan fingerprint density at radius 2 is 2.19 bits per heavy atom. The molecule has 2 heterocycles. The fourth-order valence-electron chi connectivity index (χ4n) is 2.68. The molecule has 0 amide bonds. The predicted octanol–water partition coefficient (Wildman–Crippen LogP) is 3.79. The number of hydrogen-bond acceptors (Lipinski definition) is 4. The van der Waals surface area contributed by atoms with Crippen molar-refractivity contribution in [2.24, 2.45) is 0 Å². The summed E-state index contributed by atoms with van der Waals surface area (Å²) in [4.78, 5) is 20.8. The molecule has 0 aliphatic carbocycles. The first-order valence-electron chi connectivity index (χ1n) is 6.75. The van der Waals surface area contributed by atoms with Crippen LogP contribution in [0.2, 0.25) is 0 Å². The summed E-state index contributed by atoms with van der Waals surface area (Å²) in [6, 6.07) is 6.31. The van der Waals surface area contributed by atoms with Crippen molar-refractivity contribution in [3.8, 4) is 0 Å². The largest absolute Gasteiger partial charge is 0.464 e. The number of fused-ring (bicyclic) bond motifs is 3. The quantitative estimate of drug-likeness (QED) is 0.590. The van der Waals surface area contributed by atoms with Crippen molar-refractivity contribution in [3.05, 3.63) is 35.7 Å². The number of nitrogens with one attached hydrogen (secondary N) is 1. The van der Waals surface area contributed by atoms with Crippen LogP contribution in [-0.2, 0) is 11.2 Å². The predicted molar refractivity (Wildman–Crippen MR) is 86.1 cm³/mol. The summed E-state index contributed by atoms with van der Waals surface area (Å²) in [5.74, 6) is -0.385. The van der Waals surface area contributed by atoms with E-state index >= 15 is 0 Å². The average Bonchev–Trinajstić information content (AvgIpc) is 2.90. The number of methoxy groups -OCH3 is 1. The average molecular weight is 300 g/mol. The van der Waals surface area contributed by atoms with E-state index in [-0.39, 0.29) is 5.97 Å². The third-order valence-corrected chi connectivity index (χ3v) is 4.40. The molecule has 0 aliphatic rings. The third kappa shape index (κ3) is 2.17. The Labute approximate surface area is 126 Å². The zero-order chi connectivity index (χ0) is 15.0. The summed E-state index contributed by atoms with van der Waals surface area (Å²) in [5.41, 5.74) is 3.35. The van der Waals surface area contributed by atoms with Gasteiger partial charge in [0.05, 0.1) is 18.8 Å². The number of aromatic nitrogens is 2. The normalized spacial score (nSPS) is 11.2. The van der Waals surface area contributed by atoms with E-state index in [4.69, 9.17) is 4.74 Å². The number of H-pyrrole nitrogens is 1. The van der Waals surface area contributed by atoms with Crippen LogP contribution in [0.25, 0.3) is 21.8 Å². The highest BCUT2D eigenvalue weighted by atomic mass is 32.2. The molecule has 0 saturated carbocycles. The zero-order valence-electron chi connectivity index (χ0n) is 12.2. The minimum absolute atomic E-state index is 0.385. The third-order valence-electron chi connectivity index (χ3n) is 3.68. The van der Waals surface area contributed by atoms with Crippen LogP contribution in [0.15, 0.2) is 29.3 Å². The van der Waals surface area contributed by atoms with Crippen molar-refractivity contribution in [2.45, 2.75) is 18.2 Å². The molecule has 1 N–H and O–H groups in total. The van der Waals surface area contributed by atoms with Gasteiger partial charge < -0.3 is 9.72 Å². The molecular weight excluding hydrogens is 284 g/mol. The van der Waals surface area contributed by atoms with Crippen molar-refractivity contribution < 1.29 is 9.53 Å². The smallest absolute Gasteiger partial charge is 0.356 e. The number of carbonyl (C=O) groups is 1. The number of aryl methyl sites for hydroxylation is 1. The molecule has 3 rings (SSSR count). The van der Waals surface area contributed by atoms with Crippen LogP contribution < -0.4 is 0 Å². The molecule has 1 aromatic carbocycles. The Kier molecular flexibility index (Phi) is 3.59. The van der Waals surface area contributed by atoms with E-state index in [0.717, 1.165) is 33.8 Å². The summed E-state index contributed by atoms with van der Waals surface area (Å²) in [7, 11) is 1.38. The minimum atomic E-state index is -0.385. The Balaban J connectivity index is 2.41. The molecule has 0 bridgehead atoms. The lowest BCUT2D eigenvalue weighted by molar-refractivity contribution is 0.0593. The molecule has 5 heteroatoms. The van der Waals surface area contributed by atoms with Gasteiger partial charge in [-0.1, -0.05) is 6.92 Å². The van der Waals surface area contributed by atoms with Gasteiger partial charge in [0, 0.05) is 21.2 Å². The molecule has 2 aromatic heterocycles. The van der Waals surface area contributed by atoms with Crippen molar-refractivity contribution in [2.75, 3.05) is 13.4 Å². The number of carbonyl (C=O) groups excluding carboxylic acids is 1. The van der Waals surface area contributed by atoms with Crippen LogP contribution in [-0.4, -0.2) is 29.3 Å². The summed E-state index contributed by atoms with van der Waals surface area (Å²) < 4.78 is 4.85. The molecule has 108 valence electrons. The summed E-state index contributed by atoms with van der Waals surface area (Å²) in [6.07, 6.45) is 4.49. The molecule has 4 nitrogen and oxygen atoms in total. The summed E-state index contributed by atoms with van der Waals surface area (Å²) in [6.45, 7) is 2.03. The number of pyridine rings is 1. The van der Waals surface area contributed by atoms with Crippen molar-refractivity contribution in [3.63, 3.8) is 0 Å². The minimum Gasteiger partial charge on any atom is -0.464 e. The second-order valence-electron chi connectivity index (χ2n) is 4.76. The van der Waals surface area contributed by atoms with Crippen molar-refractivity contribution in [1.82, 2.24) is 9.97 Å². The van der Waals surface area contributed by atoms with Crippen LogP contribution >= 0.6 is 11.8 Å². The van der Waals surface area contributed by atoms with E-state index in [9.17, 15) is 4.79 Å². The maximum atomic E-state index is 11.9. The van der Waals surface area contributed by atoms with Crippen molar-refractivity contribution in [1.29, 1.82) is 0 Å². The van der Waals surface area contributed by atoms with Gasteiger partial charge in [0.2, 0.25) is 0 Å². The van der Waals surface area contributed by atoms with Gasteiger partial charge in [-0.25, -0.2) is 9.78 Å². The topological polar surface area (TPSA) is 55.0 Å². The molecule has 0 aliphatic heterocycles. The Bertz CT molecular complexity index is 839. The lowest BCUT2D eigenvalue weighted by Gasteiger charge is -2.07. The van der Waals surface area contributed by atoms with Crippen LogP contribution in [0.4, 0.5) is 0 Å². The first kappa shape index (κ1) is 13.9. The van der Waals surface area contributed by atoms with Crippen LogP contribution in [0.5, 0.6) is 0 Å². The standard InChI is InChI=1S/C16H16N2O2S/c1-4-10-14-11-7-9(21-3)5-6-12(11)18-13(14)8-17-15(10)16(19)20-2/h5-8,18H,4H2,1-3H3. The van der Waals surface area contributed by atoms with Gasteiger partial charge >= 0.3 is 5.97 Å². The lowest BCUT2D eigenvalue weighted by Crippen LogP contribution is -2.08. The van der Waals surface area contributed by atoms with Gasteiger partial charge in [0.1, 0.15) is 0 Å². The number of ether oxygens (including phenoxy) is 1. The Hall–Kier alpha value is -2.01. The van der Waals surface area contributed by atoms with Gasteiger partial charge in [-0.05, 0) is 36.4 Å². The first-order valence-corrected chi connectivity index (χ1v) is 7.97. The summed E-state index contributed by atoms with van der Waals surface area (Å²) in [5, 5.41) is 2.19. The Morgan fingerprint density at radius 1 is 1.38 bits per heavy atom. The van der Waals surface area contributed by atoms with Gasteiger partial charge in [-0.2, -0.15) is 0 Å². The number of benzene rings is 1. The van der Waals surface area contributed by atoms with E-state index < -0.39 is 0 Å². The lowest BCUT2D eigenvalue weighted by atomic mass is 10.0. The van der Waals surface area contributed by atoms with Gasteiger partial charge in [0.15, 0.2) is 5.69 Å². The van der Waals surface area contributed by atoms with E-state index in [1.807, 2.05) is 6.92 Å². The monoisotopic (exact) mass is 300 g/mol. The fraction of sp³-hybridized carbons (Fsp3) is 0.250. The molecule has 0 radical (unpaired) electrons. The van der Waals surface area contributed by atoms with Crippen molar-refractivity contribution >= 4 is 39.5 Å². The summed E-state index contributed by atoms with van der Waals surface area (Å²) >= 11 is 1.70. The molecule has 3 aromatic rings.